The summed E-state index contributed by atoms with van der Waals surface area (Å²) in [5.74, 6) is -0.540. The van der Waals surface area contributed by atoms with Gasteiger partial charge in [-0.25, -0.2) is 19.2 Å². The summed E-state index contributed by atoms with van der Waals surface area (Å²) in [5.41, 5.74) is 3.22. The highest BCUT2D eigenvalue weighted by molar-refractivity contribution is 5.92. The minimum atomic E-state index is -0.925. The first-order valence-electron chi connectivity index (χ1n) is 14.5. The molecule has 2 saturated heterocycles. The van der Waals surface area contributed by atoms with Crippen LogP contribution in [0.3, 0.4) is 0 Å². The number of benzene rings is 3. The third kappa shape index (κ3) is 5.91. The molecule has 2 fully saturated rings. The molecule has 3 heterocycles. The van der Waals surface area contributed by atoms with Crippen molar-refractivity contribution in [2.24, 2.45) is 0 Å². The predicted octanol–water partition coefficient (Wildman–Crippen LogP) is 3.46. The molecule has 0 aliphatic carbocycles. The summed E-state index contributed by atoms with van der Waals surface area (Å²) >= 11 is 0. The van der Waals surface area contributed by atoms with Crippen molar-refractivity contribution in [3.05, 3.63) is 108 Å². The minimum absolute atomic E-state index is 0.0292. The van der Waals surface area contributed by atoms with Gasteiger partial charge >= 0.3 is 6.03 Å². The lowest BCUT2D eigenvalue weighted by molar-refractivity contribution is -0.191. The Balaban J connectivity index is 1.36. The summed E-state index contributed by atoms with van der Waals surface area (Å²) in [6, 6.07) is 24.0. The average molecular weight is 597 g/mol. The van der Waals surface area contributed by atoms with Crippen molar-refractivity contribution in [2.45, 2.75) is 31.7 Å². The van der Waals surface area contributed by atoms with E-state index in [2.05, 4.69) is 10.3 Å². The second-order valence-corrected chi connectivity index (χ2v) is 10.9. The van der Waals surface area contributed by atoms with E-state index >= 15 is 0 Å². The first kappa shape index (κ1) is 29.1. The molecule has 44 heavy (non-hydrogen) atoms. The van der Waals surface area contributed by atoms with Crippen LogP contribution < -0.4 is 5.32 Å². The van der Waals surface area contributed by atoms with Gasteiger partial charge in [0.05, 0.1) is 18.6 Å². The Morgan fingerprint density at radius 1 is 0.955 bits per heavy atom. The maximum Gasteiger partial charge on any atom is 0.334 e. The van der Waals surface area contributed by atoms with Gasteiger partial charge < -0.3 is 20.2 Å². The molecule has 4 aromatic rings. The molecule has 2 aliphatic rings. The van der Waals surface area contributed by atoms with E-state index in [4.69, 9.17) is 0 Å². The number of carbonyl (C=O) groups is 3. The van der Waals surface area contributed by atoms with E-state index in [0.717, 1.165) is 27.6 Å². The number of aromatic hydroxyl groups is 1. The van der Waals surface area contributed by atoms with Crippen molar-refractivity contribution in [1.29, 1.82) is 0 Å². The van der Waals surface area contributed by atoms with E-state index in [1.54, 1.807) is 23.2 Å². The van der Waals surface area contributed by atoms with E-state index in [-0.39, 0.29) is 56.7 Å². The molecular formula is C33H33FN6O4. The van der Waals surface area contributed by atoms with Crippen molar-refractivity contribution >= 4 is 28.7 Å². The van der Waals surface area contributed by atoms with Gasteiger partial charge in [-0.3, -0.25) is 14.6 Å². The standard InChI is InChI=1S/C33H33FN6O4/c34-15-17-38-22-30(42)39-28(18-23-11-13-27(41)14-12-23)32(43)37(20-26-9-4-8-25-10-5-16-35-31(25)26)21-29(39)40(38)33(44)36-19-24-6-2-1-3-7-24/h1-14,16,28-29,41H,15,17-22H2,(H,36,44)/t28-,29-/m0/s1. The largest absolute Gasteiger partial charge is 0.508 e. The fourth-order valence-electron chi connectivity index (χ4n) is 6.04. The number of phenolic OH excluding ortho intramolecular Hbond substituents is 1. The van der Waals surface area contributed by atoms with Crippen LogP contribution in [0.5, 0.6) is 5.75 Å². The van der Waals surface area contributed by atoms with Crippen molar-refractivity contribution in [2.75, 3.05) is 26.3 Å². The Morgan fingerprint density at radius 2 is 1.73 bits per heavy atom. The molecule has 0 saturated carbocycles. The van der Waals surface area contributed by atoms with Crippen molar-refractivity contribution in [1.82, 2.24) is 30.1 Å². The molecule has 1 aromatic heterocycles. The number of halogens is 1. The molecule has 0 radical (unpaired) electrons. The number of carbonyl (C=O) groups excluding carboxylic acids is 3. The van der Waals surface area contributed by atoms with Crippen LogP contribution in [0.1, 0.15) is 16.7 Å². The monoisotopic (exact) mass is 596 g/mol. The molecule has 11 heteroatoms. The van der Waals surface area contributed by atoms with Crippen LogP contribution in [-0.4, -0.2) is 86.3 Å². The number of rotatable bonds is 8. The van der Waals surface area contributed by atoms with E-state index < -0.39 is 24.9 Å². The maximum atomic E-state index is 14.2. The Morgan fingerprint density at radius 3 is 2.50 bits per heavy atom. The summed E-state index contributed by atoms with van der Waals surface area (Å²) in [6.45, 7) is -0.683. The van der Waals surface area contributed by atoms with Gasteiger partial charge in [0, 0.05) is 37.6 Å². The van der Waals surface area contributed by atoms with Crippen LogP contribution >= 0.6 is 0 Å². The summed E-state index contributed by atoms with van der Waals surface area (Å²) in [5, 5.41) is 16.5. The number of pyridine rings is 1. The molecule has 2 N–H and O–H groups in total. The maximum absolute atomic E-state index is 14.2. The van der Waals surface area contributed by atoms with E-state index in [9.17, 15) is 23.9 Å². The van der Waals surface area contributed by atoms with E-state index in [1.165, 1.54) is 27.1 Å². The molecule has 10 nitrogen and oxygen atoms in total. The highest BCUT2D eigenvalue weighted by Crippen LogP contribution is 2.30. The second kappa shape index (κ2) is 12.7. The number of nitrogens with zero attached hydrogens (tertiary/aromatic N) is 5. The molecule has 6 rings (SSSR count). The molecule has 0 bridgehead atoms. The SMILES string of the molecule is O=C1[C@H](Cc2ccc(O)cc2)N2C(=O)CN(CCF)N(C(=O)NCc3ccccc3)[C@H]2CN1Cc1cccc2cccnc12. The van der Waals surface area contributed by atoms with Crippen LogP contribution in [0.2, 0.25) is 0 Å². The zero-order chi connectivity index (χ0) is 30.6. The number of piperazine rings is 1. The molecule has 3 aromatic carbocycles. The fraction of sp³-hybridized carbons (Fsp3) is 0.273. The lowest BCUT2D eigenvalue weighted by Gasteiger charge is -2.55. The highest BCUT2D eigenvalue weighted by atomic mass is 19.1. The topological polar surface area (TPSA) is 109 Å². The Bertz CT molecular complexity index is 1650. The zero-order valence-electron chi connectivity index (χ0n) is 24.1. The normalized spacial score (nSPS) is 18.9. The van der Waals surface area contributed by atoms with Gasteiger partial charge in [0.15, 0.2) is 0 Å². The predicted molar refractivity (Wildman–Crippen MR) is 161 cm³/mol. The lowest BCUT2D eigenvalue weighted by atomic mass is 9.98. The second-order valence-electron chi connectivity index (χ2n) is 10.9. The first-order chi connectivity index (χ1) is 21.4. The van der Waals surface area contributed by atoms with Crippen LogP contribution in [0.4, 0.5) is 9.18 Å². The highest BCUT2D eigenvalue weighted by Gasteiger charge is 2.51. The zero-order valence-corrected chi connectivity index (χ0v) is 24.1. The Labute approximate surface area is 254 Å². The molecule has 4 amide bonds. The summed E-state index contributed by atoms with van der Waals surface area (Å²) < 4.78 is 13.8. The molecule has 2 atom stereocenters. The molecular weight excluding hydrogens is 563 g/mol. The first-order valence-corrected chi connectivity index (χ1v) is 14.5. The number of nitrogens with one attached hydrogen (secondary N) is 1. The third-order valence-electron chi connectivity index (χ3n) is 8.11. The van der Waals surface area contributed by atoms with Gasteiger partial charge in [0.1, 0.15) is 24.6 Å². The van der Waals surface area contributed by atoms with Crippen molar-refractivity contribution in [3.8, 4) is 5.75 Å². The van der Waals surface area contributed by atoms with Gasteiger partial charge in [-0.15, -0.1) is 0 Å². The fourth-order valence-corrected chi connectivity index (χ4v) is 6.04. The van der Waals surface area contributed by atoms with E-state index in [0.29, 0.717) is 0 Å². The summed E-state index contributed by atoms with van der Waals surface area (Å²) in [6.07, 6.45) is 1.00. The van der Waals surface area contributed by atoms with E-state index in [1.807, 2.05) is 60.7 Å². The number of para-hydroxylation sites is 1. The van der Waals surface area contributed by atoms with Crippen LogP contribution in [0.15, 0.2) is 91.1 Å². The van der Waals surface area contributed by atoms with Crippen LogP contribution in [0.25, 0.3) is 10.9 Å². The van der Waals surface area contributed by atoms with Gasteiger partial charge in [-0.1, -0.05) is 66.7 Å². The van der Waals surface area contributed by atoms with Gasteiger partial charge in [0.2, 0.25) is 11.8 Å². The average Bonchev–Trinajstić information content (AvgIpc) is 3.03. The van der Waals surface area contributed by atoms with Gasteiger partial charge in [-0.2, -0.15) is 0 Å². The molecule has 0 spiro atoms. The van der Waals surface area contributed by atoms with Gasteiger partial charge in [0.25, 0.3) is 0 Å². The Kier molecular flexibility index (Phi) is 8.38. The Hall–Kier alpha value is -5.03. The van der Waals surface area contributed by atoms with Crippen molar-refractivity contribution < 1.29 is 23.9 Å². The summed E-state index contributed by atoms with van der Waals surface area (Å²) in [7, 11) is 0. The van der Waals surface area contributed by atoms with Gasteiger partial charge in [-0.05, 0) is 34.9 Å². The number of aromatic nitrogens is 1. The molecule has 0 unspecified atom stereocenters. The number of phenols is 1. The lowest BCUT2D eigenvalue weighted by Crippen LogP contribution is -2.76. The van der Waals surface area contributed by atoms with Crippen LogP contribution in [0, 0.1) is 0 Å². The quantitative estimate of drug-likeness (QED) is 0.323. The number of fused-ring (bicyclic) bond motifs is 2. The molecule has 226 valence electrons. The number of hydrazine groups is 1. The summed E-state index contributed by atoms with van der Waals surface area (Å²) in [4.78, 5) is 49.4. The van der Waals surface area contributed by atoms with Crippen molar-refractivity contribution in [3.63, 3.8) is 0 Å². The number of amides is 4. The smallest absolute Gasteiger partial charge is 0.334 e. The number of hydrogen-bond acceptors (Lipinski definition) is 6. The minimum Gasteiger partial charge on any atom is -0.508 e. The number of hydrogen-bond donors (Lipinski definition) is 2. The van der Waals surface area contributed by atoms with Crippen LogP contribution in [-0.2, 0) is 29.1 Å². The third-order valence-corrected chi connectivity index (χ3v) is 8.11. The number of urea groups is 1. The molecule has 2 aliphatic heterocycles. The number of alkyl halides is 1.